The summed E-state index contributed by atoms with van der Waals surface area (Å²) in [5.41, 5.74) is 0. The van der Waals surface area contributed by atoms with Crippen LogP contribution < -0.4 is 5.32 Å². The number of halogens is 1. The first-order valence-electron chi connectivity index (χ1n) is 4.18. The van der Waals surface area contributed by atoms with Crippen molar-refractivity contribution in [2.24, 2.45) is 0 Å². The lowest BCUT2D eigenvalue weighted by Crippen LogP contribution is -2.34. The highest BCUT2D eigenvalue weighted by Gasteiger charge is 2.32. The molecular formula is C8H14BrNO3. The molecule has 0 aromatic carbocycles. The van der Waals surface area contributed by atoms with Gasteiger partial charge in [0.05, 0.1) is 11.9 Å². The summed E-state index contributed by atoms with van der Waals surface area (Å²) in [6.45, 7) is 4.77. The molecule has 0 saturated carbocycles. The molecule has 0 radical (unpaired) electrons. The van der Waals surface area contributed by atoms with Crippen molar-refractivity contribution >= 4 is 21.8 Å². The van der Waals surface area contributed by atoms with Crippen LogP contribution in [0.4, 0.5) is 0 Å². The summed E-state index contributed by atoms with van der Waals surface area (Å²) in [5.74, 6) is -0.544. The molecule has 1 aliphatic heterocycles. The maximum atomic E-state index is 10.9. The number of rotatable bonds is 3. The second-order valence-corrected chi connectivity index (χ2v) is 3.95. The highest BCUT2D eigenvalue weighted by atomic mass is 79.9. The van der Waals surface area contributed by atoms with Crippen LogP contribution in [-0.4, -0.2) is 36.3 Å². The Hall–Kier alpha value is -0.130. The molecular weight excluding hydrogens is 238 g/mol. The molecule has 4 nitrogen and oxygen atoms in total. The summed E-state index contributed by atoms with van der Waals surface area (Å²) in [6, 6.07) is 0. The SMILES string of the molecule is CC1(C)OCC(CNC(=O)CBr)O1. The molecule has 76 valence electrons. The minimum atomic E-state index is -0.510. The van der Waals surface area contributed by atoms with E-state index in [0.29, 0.717) is 18.5 Å². The molecule has 1 saturated heterocycles. The Morgan fingerprint density at radius 1 is 1.69 bits per heavy atom. The van der Waals surface area contributed by atoms with E-state index < -0.39 is 5.79 Å². The van der Waals surface area contributed by atoms with Crippen LogP contribution in [0.25, 0.3) is 0 Å². The first kappa shape index (κ1) is 10.9. The molecule has 1 rings (SSSR count). The van der Waals surface area contributed by atoms with Crippen LogP contribution in [0, 0.1) is 0 Å². The summed E-state index contributed by atoms with van der Waals surface area (Å²) >= 11 is 3.06. The number of hydrogen-bond donors (Lipinski definition) is 1. The lowest BCUT2D eigenvalue weighted by Gasteiger charge is -2.17. The summed E-state index contributed by atoms with van der Waals surface area (Å²) < 4.78 is 10.8. The first-order valence-corrected chi connectivity index (χ1v) is 5.30. The van der Waals surface area contributed by atoms with Gasteiger partial charge in [-0.2, -0.15) is 0 Å². The Labute approximate surface area is 86.1 Å². The van der Waals surface area contributed by atoms with Gasteiger partial charge >= 0.3 is 0 Å². The lowest BCUT2D eigenvalue weighted by molar-refractivity contribution is -0.139. The average molecular weight is 252 g/mol. The van der Waals surface area contributed by atoms with Gasteiger partial charge in [0.1, 0.15) is 6.10 Å². The third-order valence-corrected chi connectivity index (χ3v) is 2.22. The normalized spacial score (nSPS) is 25.9. The van der Waals surface area contributed by atoms with E-state index >= 15 is 0 Å². The zero-order valence-electron chi connectivity index (χ0n) is 7.80. The minimum Gasteiger partial charge on any atom is -0.353 e. The van der Waals surface area contributed by atoms with E-state index in [0.717, 1.165) is 0 Å². The fourth-order valence-electron chi connectivity index (χ4n) is 1.14. The molecule has 1 unspecified atom stereocenters. The van der Waals surface area contributed by atoms with Gasteiger partial charge in [0.2, 0.25) is 5.91 Å². The van der Waals surface area contributed by atoms with Crippen molar-refractivity contribution in [3.63, 3.8) is 0 Å². The van der Waals surface area contributed by atoms with Crippen LogP contribution in [0.2, 0.25) is 0 Å². The number of alkyl halides is 1. The maximum absolute atomic E-state index is 10.9. The van der Waals surface area contributed by atoms with Crippen molar-refractivity contribution < 1.29 is 14.3 Å². The molecule has 0 aliphatic carbocycles. The molecule has 1 fully saturated rings. The molecule has 1 aliphatic rings. The van der Waals surface area contributed by atoms with Gasteiger partial charge in [-0.05, 0) is 13.8 Å². The van der Waals surface area contributed by atoms with E-state index in [2.05, 4.69) is 21.2 Å². The maximum Gasteiger partial charge on any atom is 0.230 e. The number of ether oxygens (including phenoxy) is 2. The van der Waals surface area contributed by atoms with Crippen molar-refractivity contribution in [1.29, 1.82) is 0 Å². The summed E-state index contributed by atoms with van der Waals surface area (Å²) in [5, 5.41) is 3.04. The zero-order valence-corrected chi connectivity index (χ0v) is 9.39. The second kappa shape index (κ2) is 4.39. The van der Waals surface area contributed by atoms with E-state index in [9.17, 15) is 4.79 Å². The van der Waals surface area contributed by atoms with E-state index in [1.54, 1.807) is 0 Å². The predicted octanol–water partition coefficient (Wildman–Crippen LogP) is 0.649. The molecule has 5 heteroatoms. The van der Waals surface area contributed by atoms with Gasteiger partial charge in [-0.25, -0.2) is 0 Å². The number of hydrogen-bond acceptors (Lipinski definition) is 3. The largest absolute Gasteiger partial charge is 0.353 e. The Balaban J connectivity index is 2.21. The van der Waals surface area contributed by atoms with Gasteiger partial charge in [0, 0.05) is 6.54 Å². The molecule has 0 bridgehead atoms. The van der Waals surface area contributed by atoms with Gasteiger partial charge in [-0.1, -0.05) is 15.9 Å². The van der Waals surface area contributed by atoms with Gasteiger partial charge in [-0.15, -0.1) is 0 Å². The standard InChI is InChI=1S/C8H14BrNO3/c1-8(2)12-5-6(13-8)4-10-7(11)3-9/h6H,3-5H2,1-2H3,(H,10,11). The lowest BCUT2D eigenvalue weighted by atomic mass is 10.3. The Bertz CT molecular complexity index is 196. The third kappa shape index (κ3) is 3.62. The summed E-state index contributed by atoms with van der Waals surface area (Å²) in [7, 11) is 0. The molecule has 1 heterocycles. The topological polar surface area (TPSA) is 47.6 Å². The van der Waals surface area contributed by atoms with Crippen LogP contribution in [-0.2, 0) is 14.3 Å². The second-order valence-electron chi connectivity index (χ2n) is 3.39. The fraction of sp³-hybridized carbons (Fsp3) is 0.875. The molecule has 1 amide bonds. The van der Waals surface area contributed by atoms with Crippen molar-refractivity contribution in [2.45, 2.75) is 25.7 Å². The molecule has 0 spiro atoms. The van der Waals surface area contributed by atoms with Crippen molar-refractivity contribution in [2.75, 3.05) is 18.5 Å². The predicted molar refractivity (Wildman–Crippen MR) is 51.7 cm³/mol. The fourth-order valence-corrected chi connectivity index (χ4v) is 1.34. The Morgan fingerprint density at radius 3 is 2.85 bits per heavy atom. The van der Waals surface area contributed by atoms with Gasteiger partial charge < -0.3 is 14.8 Å². The monoisotopic (exact) mass is 251 g/mol. The smallest absolute Gasteiger partial charge is 0.230 e. The van der Waals surface area contributed by atoms with Crippen LogP contribution in [0.3, 0.4) is 0 Å². The number of carbonyl (C=O) groups is 1. The third-order valence-electron chi connectivity index (χ3n) is 1.72. The van der Waals surface area contributed by atoms with Crippen LogP contribution in [0.15, 0.2) is 0 Å². The quantitative estimate of drug-likeness (QED) is 0.750. The summed E-state index contributed by atoms with van der Waals surface area (Å²) in [4.78, 5) is 10.9. The van der Waals surface area contributed by atoms with Crippen molar-refractivity contribution in [3.05, 3.63) is 0 Å². The van der Waals surface area contributed by atoms with Gasteiger partial charge in [0.25, 0.3) is 0 Å². The zero-order chi connectivity index (χ0) is 9.90. The number of amides is 1. The van der Waals surface area contributed by atoms with E-state index in [-0.39, 0.29) is 12.0 Å². The summed E-state index contributed by atoms with van der Waals surface area (Å²) in [6.07, 6.45) is -0.0296. The van der Waals surface area contributed by atoms with Gasteiger partial charge in [-0.3, -0.25) is 4.79 Å². The molecule has 0 aromatic heterocycles. The first-order chi connectivity index (χ1) is 6.03. The van der Waals surface area contributed by atoms with Crippen LogP contribution in [0.1, 0.15) is 13.8 Å². The Morgan fingerprint density at radius 2 is 2.38 bits per heavy atom. The Kier molecular flexibility index (Phi) is 3.70. The van der Waals surface area contributed by atoms with E-state index in [1.165, 1.54) is 0 Å². The molecule has 1 atom stereocenters. The number of carbonyl (C=O) groups excluding carboxylic acids is 1. The van der Waals surface area contributed by atoms with Crippen LogP contribution >= 0.6 is 15.9 Å². The average Bonchev–Trinajstić information content (AvgIpc) is 2.41. The van der Waals surface area contributed by atoms with E-state index in [4.69, 9.17) is 9.47 Å². The van der Waals surface area contributed by atoms with Gasteiger partial charge in [0.15, 0.2) is 5.79 Å². The number of nitrogens with one attached hydrogen (secondary N) is 1. The van der Waals surface area contributed by atoms with Crippen molar-refractivity contribution in [3.8, 4) is 0 Å². The van der Waals surface area contributed by atoms with E-state index in [1.807, 2.05) is 13.8 Å². The van der Waals surface area contributed by atoms with Crippen molar-refractivity contribution in [1.82, 2.24) is 5.32 Å². The minimum absolute atomic E-state index is 0.0296. The highest BCUT2D eigenvalue weighted by Crippen LogP contribution is 2.21. The highest BCUT2D eigenvalue weighted by molar-refractivity contribution is 9.09. The molecule has 13 heavy (non-hydrogen) atoms. The van der Waals surface area contributed by atoms with Crippen LogP contribution in [0.5, 0.6) is 0 Å². The molecule has 0 aromatic rings. The molecule has 1 N–H and O–H groups in total.